The number of rotatable bonds is 4. The summed E-state index contributed by atoms with van der Waals surface area (Å²) >= 11 is 0. The van der Waals surface area contributed by atoms with Gasteiger partial charge in [0.1, 0.15) is 0 Å². The molecule has 1 unspecified atom stereocenters. The molecule has 2 amide bonds. The van der Waals surface area contributed by atoms with Crippen LogP contribution in [-0.2, 0) is 0 Å². The van der Waals surface area contributed by atoms with Gasteiger partial charge in [0.25, 0.3) is 0 Å². The number of ether oxygens (including phenoxy) is 1. The fourth-order valence-electron chi connectivity index (χ4n) is 3.15. The summed E-state index contributed by atoms with van der Waals surface area (Å²) in [6.07, 6.45) is 2.72. The fraction of sp³-hybridized carbons (Fsp3) is 0.368. The van der Waals surface area contributed by atoms with Gasteiger partial charge in [-0.15, -0.1) is 0 Å². The third kappa shape index (κ3) is 4.10. The van der Waals surface area contributed by atoms with Gasteiger partial charge in [-0.25, -0.2) is 13.6 Å². The number of halogens is 2. The highest BCUT2D eigenvalue weighted by atomic mass is 19.1. The highest BCUT2D eigenvalue weighted by Crippen LogP contribution is 2.25. The monoisotopic (exact) mass is 376 g/mol. The number of benzene rings is 1. The fourth-order valence-corrected chi connectivity index (χ4v) is 3.15. The van der Waals surface area contributed by atoms with Crippen molar-refractivity contribution in [3.63, 3.8) is 0 Å². The summed E-state index contributed by atoms with van der Waals surface area (Å²) in [6.45, 7) is 3.63. The Hall–Kier alpha value is -2.90. The van der Waals surface area contributed by atoms with Gasteiger partial charge in [0.2, 0.25) is 0 Å². The quantitative estimate of drug-likeness (QED) is 0.891. The number of methoxy groups -OCH3 is 1. The molecule has 8 heteroatoms. The first kappa shape index (κ1) is 18.9. The topological polar surface area (TPSA) is 57.7 Å². The molecule has 1 aromatic carbocycles. The Balaban J connectivity index is 1.59. The van der Waals surface area contributed by atoms with Crippen molar-refractivity contribution in [3.8, 4) is 5.75 Å². The van der Waals surface area contributed by atoms with Gasteiger partial charge in [0, 0.05) is 37.9 Å². The number of nitrogens with zero attached hydrogens (tertiary/aromatic N) is 3. The number of hydrogen-bond acceptors (Lipinski definition) is 4. The maximum atomic E-state index is 14.4. The summed E-state index contributed by atoms with van der Waals surface area (Å²) in [6, 6.07) is 5.67. The number of carbonyl (C=O) groups excluding carboxylic acids is 1. The maximum absolute atomic E-state index is 14.4. The van der Waals surface area contributed by atoms with E-state index in [1.165, 1.54) is 19.4 Å². The lowest BCUT2D eigenvalue weighted by Gasteiger charge is -2.36. The average molecular weight is 376 g/mol. The smallest absolute Gasteiger partial charge is 0.317 e. The number of urea groups is 1. The lowest BCUT2D eigenvalue weighted by Crippen LogP contribution is -2.52. The summed E-state index contributed by atoms with van der Waals surface area (Å²) in [5, 5.41) is 2.81. The van der Waals surface area contributed by atoms with Crippen molar-refractivity contribution in [2.45, 2.75) is 13.0 Å². The zero-order valence-corrected chi connectivity index (χ0v) is 15.3. The average Bonchev–Trinajstić information content (AvgIpc) is 2.68. The third-order valence-electron chi connectivity index (χ3n) is 4.68. The molecule has 1 N–H and O–H groups in total. The summed E-state index contributed by atoms with van der Waals surface area (Å²) in [5.74, 6) is -0.718. The minimum absolute atomic E-state index is 0.140. The van der Waals surface area contributed by atoms with E-state index < -0.39 is 11.9 Å². The first-order valence-electron chi connectivity index (χ1n) is 8.73. The van der Waals surface area contributed by atoms with E-state index in [1.807, 2.05) is 4.90 Å². The molecule has 0 saturated carbocycles. The van der Waals surface area contributed by atoms with Crippen LogP contribution in [0.1, 0.15) is 18.5 Å². The molecular weight excluding hydrogens is 354 g/mol. The first-order chi connectivity index (χ1) is 13.0. The van der Waals surface area contributed by atoms with Crippen LogP contribution in [0.3, 0.4) is 0 Å². The molecule has 2 aromatic rings. The molecular formula is C19H22F2N4O2. The molecule has 144 valence electrons. The minimum atomic E-state index is -0.511. The van der Waals surface area contributed by atoms with Crippen molar-refractivity contribution >= 4 is 11.7 Å². The third-order valence-corrected chi connectivity index (χ3v) is 4.68. The van der Waals surface area contributed by atoms with E-state index in [0.29, 0.717) is 37.4 Å². The normalized spacial score (nSPS) is 15.4. The number of piperazine rings is 1. The van der Waals surface area contributed by atoms with Crippen LogP contribution in [0.25, 0.3) is 0 Å². The van der Waals surface area contributed by atoms with Crippen LogP contribution in [0.4, 0.5) is 19.3 Å². The van der Waals surface area contributed by atoms with Crippen molar-refractivity contribution in [2.75, 3.05) is 38.2 Å². The van der Waals surface area contributed by atoms with Gasteiger partial charge in [-0.1, -0.05) is 12.1 Å². The predicted molar refractivity (Wildman–Crippen MR) is 97.9 cm³/mol. The van der Waals surface area contributed by atoms with Crippen molar-refractivity contribution in [1.29, 1.82) is 0 Å². The van der Waals surface area contributed by atoms with E-state index in [-0.39, 0.29) is 17.6 Å². The van der Waals surface area contributed by atoms with E-state index >= 15 is 0 Å². The second-order valence-corrected chi connectivity index (χ2v) is 6.34. The Morgan fingerprint density at radius 1 is 1.22 bits per heavy atom. The standard InChI is InChI=1S/C19H22F2N4O2/c1-13(14-4-3-5-17(27-2)18(14)21)23-19(26)25-10-8-24(9-11-25)16-6-7-22-12-15(16)20/h3-7,12-13H,8-11H2,1-2H3,(H,23,26). The van der Waals surface area contributed by atoms with Crippen LogP contribution in [0, 0.1) is 11.6 Å². The Kier molecular flexibility index (Phi) is 5.73. The summed E-state index contributed by atoms with van der Waals surface area (Å²) in [5.41, 5.74) is 0.845. The molecule has 27 heavy (non-hydrogen) atoms. The molecule has 0 aliphatic carbocycles. The number of carbonyl (C=O) groups is 1. The van der Waals surface area contributed by atoms with Gasteiger partial charge in [0.05, 0.1) is 25.0 Å². The van der Waals surface area contributed by atoms with Crippen LogP contribution in [0.15, 0.2) is 36.7 Å². The second-order valence-electron chi connectivity index (χ2n) is 6.34. The van der Waals surface area contributed by atoms with Crippen LogP contribution in [-0.4, -0.2) is 49.2 Å². The summed E-state index contributed by atoms with van der Waals surface area (Å²) < 4.78 is 33.2. The van der Waals surface area contributed by atoms with E-state index in [0.717, 1.165) is 0 Å². The molecule has 1 aromatic heterocycles. The Labute approximate surface area is 156 Å². The molecule has 3 rings (SSSR count). The second kappa shape index (κ2) is 8.20. The summed E-state index contributed by atoms with van der Waals surface area (Å²) in [4.78, 5) is 19.8. The first-order valence-corrected chi connectivity index (χ1v) is 8.73. The molecule has 2 heterocycles. The van der Waals surface area contributed by atoms with Gasteiger partial charge in [0.15, 0.2) is 17.4 Å². The Morgan fingerprint density at radius 2 is 1.96 bits per heavy atom. The van der Waals surface area contributed by atoms with E-state index in [1.54, 1.807) is 36.2 Å². The number of hydrogen-bond donors (Lipinski definition) is 1. The highest BCUT2D eigenvalue weighted by molar-refractivity contribution is 5.75. The number of pyridine rings is 1. The van der Waals surface area contributed by atoms with Gasteiger partial charge < -0.3 is 19.9 Å². The van der Waals surface area contributed by atoms with Crippen LogP contribution >= 0.6 is 0 Å². The van der Waals surface area contributed by atoms with Crippen molar-refractivity contribution in [1.82, 2.24) is 15.2 Å². The molecule has 6 nitrogen and oxygen atoms in total. The maximum Gasteiger partial charge on any atom is 0.317 e. The molecule has 1 saturated heterocycles. The molecule has 1 fully saturated rings. The van der Waals surface area contributed by atoms with Gasteiger partial charge in [-0.05, 0) is 19.1 Å². The predicted octanol–water partition coefficient (Wildman–Crippen LogP) is 2.96. The molecule has 1 atom stereocenters. The molecule has 0 bridgehead atoms. The highest BCUT2D eigenvalue weighted by Gasteiger charge is 2.25. The van der Waals surface area contributed by atoms with Crippen LogP contribution in [0.5, 0.6) is 5.75 Å². The van der Waals surface area contributed by atoms with Gasteiger partial charge in [-0.2, -0.15) is 0 Å². The molecule has 0 spiro atoms. The molecule has 1 aliphatic heterocycles. The van der Waals surface area contributed by atoms with E-state index in [4.69, 9.17) is 4.74 Å². The van der Waals surface area contributed by atoms with Crippen LogP contribution < -0.4 is 15.0 Å². The number of aromatic nitrogens is 1. The van der Waals surface area contributed by atoms with Crippen molar-refractivity contribution in [3.05, 3.63) is 53.9 Å². The lowest BCUT2D eigenvalue weighted by molar-refractivity contribution is 0.190. The van der Waals surface area contributed by atoms with E-state index in [9.17, 15) is 13.6 Å². The van der Waals surface area contributed by atoms with Crippen LogP contribution in [0.2, 0.25) is 0 Å². The zero-order valence-electron chi connectivity index (χ0n) is 15.3. The lowest BCUT2D eigenvalue weighted by atomic mass is 10.1. The van der Waals surface area contributed by atoms with Crippen molar-refractivity contribution in [2.24, 2.45) is 0 Å². The molecule has 0 radical (unpaired) electrons. The van der Waals surface area contributed by atoms with Crippen molar-refractivity contribution < 1.29 is 18.3 Å². The van der Waals surface area contributed by atoms with Gasteiger partial charge in [-0.3, -0.25) is 4.98 Å². The Morgan fingerprint density at radius 3 is 2.63 bits per heavy atom. The number of amides is 2. The SMILES string of the molecule is COc1cccc(C(C)NC(=O)N2CCN(c3ccncc3F)CC2)c1F. The largest absolute Gasteiger partial charge is 0.494 e. The number of nitrogens with one attached hydrogen (secondary N) is 1. The zero-order chi connectivity index (χ0) is 19.4. The Bertz CT molecular complexity index is 810. The van der Waals surface area contributed by atoms with E-state index in [2.05, 4.69) is 10.3 Å². The van der Waals surface area contributed by atoms with Gasteiger partial charge >= 0.3 is 6.03 Å². The number of anilines is 1. The minimum Gasteiger partial charge on any atom is -0.494 e. The summed E-state index contributed by atoms with van der Waals surface area (Å²) in [7, 11) is 1.40. The molecule has 1 aliphatic rings.